The van der Waals surface area contributed by atoms with Crippen molar-refractivity contribution in [3.8, 4) is 0 Å². The van der Waals surface area contributed by atoms with Crippen molar-refractivity contribution in [1.29, 1.82) is 0 Å². The molecule has 0 spiro atoms. The van der Waals surface area contributed by atoms with Crippen LogP contribution in [0.25, 0.3) is 0 Å². The van der Waals surface area contributed by atoms with Crippen LogP contribution in [0, 0.1) is 5.92 Å². The van der Waals surface area contributed by atoms with Crippen LogP contribution in [-0.4, -0.2) is 27.7 Å². The highest BCUT2D eigenvalue weighted by Crippen LogP contribution is 2.32. The Kier molecular flexibility index (Phi) is 5.54. The maximum atomic E-state index is 12.5. The van der Waals surface area contributed by atoms with Crippen LogP contribution in [0.2, 0.25) is 5.02 Å². The number of nitrogens with two attached hydrogens (primary N) is 1. The van der Waals surface area contributed by atoms with Gasteiger partial charge in [0.2, 0.25) is 10.0 Å². The van der Waals surface area contributed by atoms with Gasteiger partial charge in [0, 0.05) is 30.0 Å². The zero-order valence-electron chi connectivity index (χ0n) is 11.6. The van der Waals surface area contributed by atoms with E-state index in [1.54, 1.807) is 0 Å². The van der Waals surface area contributed by atoms with Crippen molar-refractivity contribution in [2.24, 2.45) is 5.92 Å². The molecule has 1 heterocycles. The van der Waals surface area contributed by atoms with Crippen molar-refractivity contribution in [1.82, 2.24) is 4.72 Å². The number of anilines is 1. The first-order valence-corrected chi connectivity index (χ1v) is 9.31. The number of rotatable bonds is 4. The monoisotopic (exact) mass is 396 g/mol. The first kappa shape index (κ1) is 17.0. The average molecular weight is 398 g/mol. The summed E-state index contributed by atoms with van der Waals surface area (Å²) in [7, 11) is -3.69. The molecule has 0 radical (unpaired) electrons. The first-order chi connectivity index (χ1) is 9.81. The summed E-state index contributed by atoms with van der Waals surface area (Å²) in [6, 6.07) is 2.72. The van der Waals surface area contributed by atoms with Crippen LogP contribution in [0.1, 0.15) is 19.8 Å². The van der Waals surface area contributed by atoms with Crippen LogP contribution >= 0.6 is 27.5 Å². The van der Waals surface area contributed by atoms with Gasteiger partial charge in [-0.3, -0.25) is 0 Å². The molecule has 1 unspecified atom stereocenters. The molecule has 21 heavy (non-hydrogen) atoms. The minimum Gasteiger partial charge on any atom is -0.398 e. The third-order valence-electron chi connectivity index (χ3n) is 3.64. The number of halogens is 2. The summed E-state index contributed by atoms with van der Waals surface area (Å²) in [5, 5.41) is 0.287. The van der Waals surface area contributed by atoms with Gasteiger partial charge in [0.25, 0.3) is 0 Å². The fourth-order valence-electron chi connectivity index (χ4n) is 2.40. The lowest BCUT2D eigenvalue weighted by atomic mass is 9.94. The normalized spacial score (nSPS) is 18.6. The van der Waals surface area contributed by atoms with E-state index >= 15 is 0 Å². The summed E-state index contributed by atoms with van der Waals surface area (Å²) in [5.41, 5.74) is 6.04. The number of hydrogen-bond donors (Lipinski definition) is 2. The Labute approximate surface area is 138 Å². The SMILES string of the molecule is CC(NS(=O)(=O)c1cc(Cl)cc(N)c1Br)C1CCOCC1. The van der Waals surface area contributed by atoms with Crippen molar-refractivity contribution in [3.05, 3.63) is 21.6 Å². The highest BCUT2D eigenvalue weighted by molar-refractivity contribution is 9.10. The highest BCUT2D eigenvalue weighted by atomic mass is 79.9. The molecule has 0 aromatic heterocycles. The summed E-state index contributed by atoms with van der Waals surface area (Å²) in [6.07, 6.45) is 1.70. The molecule has 0 aliphatic carbocycles. The number of sulfonamides is 1. The van der Waals surface area contributed by atoms with Crippen molar-refractivity contribution in [2.75, 3.05) is 18.9 Å². The molecule has 5 nitrogen and oxygen atoms in total. The Bertz CT molecular complexity index is 618. The summed E-state index contributed by atoms with van der Waals surface area (Å²) >= 11 is 9.12. The van der Waals surface area contributed by atoms with Crippen LogP contribution < -0.4 is 10.5 Å². The summed E-state index contributed by atoms with van der Waals surface area (Å²) in [4.78, 5) is 0.0615. The fourth-order valence-corrected chi connectivity index (χ4v) is 5.00. The lowest BCUT2D eigenvalue weighted by molar-refractivity contribution is 0.0585. The predicted molar refractivity (Wildman–Crippen MR) is 86.9 cm³/mol. The van der Waals surface area contributed by atoms with Crippen LogP contribution in [0.4, 0.5) is 5.69 Å². The third kappa shape index (κ3) is 4.10. The summed E-state index contributed by atoms with van der Waals surface area (Å²) in [5.74, 6) is 0.267. The van der Waals surface area contributed by atoms with E-state index in [9.17, 15) is 8.42 Å². The number of ether oxygens (including phenoxy) is 1. The highest BCUT2D eigenvalue weighted by Gasteiger charge is 2.27. The Morgan fingerprint density at radius 3 is 2.67 bits per heavy atom. The van der Waals surface area contributed by atoms with E-state index in [-0.39, 0.29) is 21.9 Å². The van der Waals surface area contributed by atoms with Crippen LogP contribution in [-0.2, 0) is 14.8 Å². The Hall–Kier alpha value is -0.340. The fraction of sp³-hybridized carbons (Fsp3) is 0.538. The molecule has 118 valence electrons. The lowest BCUT2D eigenvalue weighted by Crippen LogP contribution is -2.40. The Morgan fingerprint density at radius 1 is 1.43 bits per heavy atom. The summed E-state index contributed by atoms with van der Waals surface area (Å²) < 4.78 is 33.4. The quantitative estimate of drug-likeness (QED) is 0.765. The van der Waals surface area contributed by atoms with Gasteiger partial charge in [0.1, 0.15) is 0 Å². The predicted octanol–water partition coefficient (Wildman–Crippen LogP) is 2.78. The smallest absolute Gasteiger partial charge is 0.242 e. The molecule has 1 atom stereocenters. The molecule has 0 bridgehead atoms. The summed E-state index contributed by atoms with van der Waals surface area (Å²) in [6.45, 7) is 3.21. The number of hydrogen-bond acceptors (Lipinski definition) is 4. The Balaban J connectivity index is 2.22. The van der Waals surface area contributed by atoms with E-state index in [1.807, 2.05) is 6.92 Å². The zero-order valence-corrected chi connectivity index (χ0v) is 14.8. The van der Waals surface area contributed by atoms with Crippen molar-refractivity contribution < 1.29 is 13.2 Å². The van der Waals surface area contributed by atoms with Crippen molar-refractivity contribution in [2.45, 2.75) is 30.7 Å². The standard InChI is InChI=1S/C13H18BrClN2O3S/c1-8(9-2-4-20-5-3-9)17-21(18,19)12-7-10(15)6-11(16)13(12)14/h6-9,17H,2-5,16H2,1H3. The lowest BCUT2D eigenvalue weighted by Gasteiger charge is -2.28. The van der Waals surface area contributed by atoms with Gasteiger partial charge in [-0.1, -0.05) is 11.6 Å². The van der Waals surface area contributed by atoms with E-state index in [0.29, 0.717) is 23.4 Å². The van der Waals surface area contributed by atoms with Gasteiger partial charge in [-0.05, 0) is 53.7 Å². The number of nitrogens with one attached hydrogen (secondary N) is 1. The molecule has 3 N–H and O–H groups in total. The van der Waals surface area contributed by atoms with E-state index in [1.165, 1.54) is 12.1 Å². The molecular weight excluding hydrogens is 380 g/mol. The van der Waals surface area contributed by atoms with E-state index in [2.05, 4.69) is 20.7 Å². The molecule has 1 saturated heterocycles. The molecule has 0 saturated carbocycles. The number of nitrogen functional groups attached to an aromatic ring is 1. The molecule has 0 amide bonds. The minimum absolute atomic E-state index is 0.0615. The molecule has 1 aliphatic heterocycles. The molecule has 1 aromatic carbocycles. The molecular formula is C13H18BrClN2O3S. The molecule has 1 aromatic rings. The van der Waals surface area contributed by atoms with Gasteiger partial charge in [0.15, 0.2) is 0 Å². The maximum Gasteiger partial charge on any atom is 0.242 e. The van der Waals surface area contributed by atoms with E-state index in [0.717, 1.165) is 12.8 Å². The minimum atomic E-state index is -3.69. The van der Waals surface area contributed by atoms with Gasteiger partial charge in [0.05, 0.1) is 9.37 Å². The third-order valence-corrected chi connectivity index (χ3v) is 6.58. The zero-order chi connectivity index (χ0) is 15.6. The Morgan fingerprint density at radius 2 is 2.05 bits per heavy atom. The number of benzene rings is 1. The molecule has 1 aliphatic rings. The second kappa shape index (κ2) is 6.83. The second-order valence-electron chi connectivity index (χ2n) is 5.17. The van der Waals surface area contributed by atoms with Gasteiger partial charge >= 0.3 is 0 Å². The maximum absolute atomic E-state index is 12.5. The van der Waals surface area contributed by atoms with Crippen molar-refractivity contribution >= 4 is 43.2 Å². The van der Waals surface area contributed by atoms with E-state index < -0.39 is 10.0 Å². The van der Waals surface area contributed by atoms with Crippen molar-refractivity contribution in [3.63, 3.8) is 0 Å². The second-order valence-corrected chi connectivity index (χ2v) is 8.08. The van der Waals surface area contributed by atoms with Crippen LogP contribution in [0.5, 0.6) is 0 Å². The van der Waals surface area contributed by atoms with E-state index in [4.69, 9.17) is 22.1 Å². The average Bonchev–Trinajstić information content (AvgIpc) is 2.43. The van der Waals surface area contributed by atoms with Gasteiger partial charge in [-0.2, -0.15) is 0 Å². The van der Waals surface area contributed by atoms with Gasteiger partial charge in [-0.25, -0.2) is 13.1 Å². The van der Waals surface area contributed by atoms with Gasteiger partial charge < -0.3 is 10.5 Å². The molecule has 8 heteroatoms. The van der Waals surface area contributed by atoms with Crippen LogP contribution in [0.15, 0.2) is 21.5 Å². The first-order valence-electron chi connectivity index (χ1n) is 6.66. The topological polar surface area (TPSA) is 81.4 Å². The largest absolute Gasteiger partial charge is 0.398 e. The molecule has 2 rings (SSSR count). The van der Waals surface area contributed by atoms with Gasteiger partial charge in [-0.15, -0.1) is 0 Å². The molecule has 1 fully saturated rings. The van der Waals surface area contributed by atoms with Crippen LogP contribution in [0.3, 0.4) is 0 Å².